The van der Waals surface area contributed by atoms with Crippen molar-refractivity contribution < 1.29 is 0 Å². The van der Waals surface area contributed by atoms with Crippen LogP contribution in [0.2, 0.25) is 0 Å². The minimum absolute atomic E-state index is 1.04. The van der Waals surface area contributed by atoms with Crippen LogP contribution in [0.3, 0.4) is 0 Å². The van der Waals surface area contributed by atoms with Gasteiger partial charge < -0.3 is 0 Å². The number of hydrogen-bond donors (Lipinski definition) is 0. The molecule has 0 spiro atoms. The Kier molecular flexibility index (Phi) is 5.21. The van der Waals surface area contributed by atoms with Gasteiger partial charge in [-0.3, -0.25) is 4.98 Å². The summed E-state index contributed by atoms with van der Waals surface area (Å²) in [4.78, 5) is 4.93. The van der Waals surface area contributed by atoms with E-state index in [4.69, 9.17) is 4.98 Å². The van der Waals surface area contributed by atoms with Crippen LogP contribution in [-0.2, 0) is 0 Å². The molecule has 0 amide bonds. The average molecular weight is 508 g/mol. The lowest BCUT2D eigenvalue weighted by atomic mass is 9.87. The van der Waals surface area contributed by atoms with E-state index in [1.165, 1.54) is 71.1 Å². The Labute approximate surface area is 233 Å². The molecule has 0 fully saturated rings. The van der Waals surface area contributed by atoms with Gasteiger partial charge in [-0.05, 0) is 78.3 Å². The Morgan fingerprint density at radius 3 is 1.80 bits per heavy atom. The maximum Gasteiger partial charge on any atom is 0.0792 e. The van der Waals surface area contributed by atoms with Crippen LogP contribution in [0.15, 0.2) is 152 Å². The molecule has 0 N–H and O–H groups in total. The smallest absolute Gasteiger partial charge is 0.0792 e. The van der Waals surface area contributed by atoms with Gasteiger partial charge in [0.1, 0.15) is 0 Å². The Balaban J connectivity index is 1.35. The van der Waals surface area contributed by atoms with Crippen molar-refractivity contribution >= 4 is 43.2 Å². The summed E-state index contributed by atoms with van der Waals surface area (Å²) in [7, 11) is 0. The summed E-state index contributed by atoms with van der Waals surface area (Å²) in [5.41, 5.74) is 8.36. The van der Waals surface area contributed by atoms with Crippen LogP contribution in [-0.4, -0.2) is 4.98 Å². The monoisotopic (exact) mass is 507 g/mol. The molecule has 7 aromatic carbocycles. The lowest BCUT2D eigenvalue weighted by Crippen LogP contribution is -1.92. The molecule has 0 saturated carbocycles. The topological polar surface area (TPSA) is 12.9 Å². The number of aromatic nitrogens is 1. The van der Waals surface area contributed by atoms with Crippen molar-refractivity contribution in [2.75, 3.05) is 0 Å². The first-order valence-corrected chi connectivity index (χ1v) is 13.7. The van der Waals surface area contributed by atoms with Crippen molar-refractivity contribution in [1.82, 2.24) is 4.98 Å². The maximum atomic E-state index is 4.93. The number of fused-ring (bicyclic) bond motifs is 4. The van der Waals surface area contributed by atoms with Gasteiger partial charge in [-0.15, -0.1) is 0 Å². The number of pyridine rings is 1. The molecule has 186 valence electrons. The minimum atomic E-state index is 1.04. The molecule has 8 rings (SSSR count). The predicted molar refractivity (Wildman–Crippen MR) is 171 cm³/mol. The maximum absolute atomic E-state index is 4.93. The van der Waals surface area contributed by atoms with Crippen LogP contribution in [0.1, 0.15) is 0 Å². The number of rotatable bonds is 3. The Bertz CT molecular complexity index is 2150. The molecule has 0 atom stereocenters. The molecule has 0 aliphatic heterocycles. The number of hydrogen-bond acceptors (Lipinski definition) is 1. The van der Waals surface area contributed by atoms with Gasteiger partial charge in [-0.25, -0.2) is 0 Å². The zero-order valence-electron chi connectivity index (χ0n) is 21.9. The quantitative estimate of drug-likeness (QED) is 0.217. The van der Waals surface area contributed by atoms with E-state index in [0.717, 1.165) is 5.52 Å². The van der Waals surface area contributed by atoms with E-state index in [2.05, 4.69) is 140 Å². The molecule has 8 aromatic rings. The fourth-order valence-corrected chi connectivity index (χ4v) is 6.25. The SMILES string of the molecule is c1ccc(-c2c3ccccc3c(-c3ccc4cc(-c5cccc6ccccc56)ccc4c3)c3cccnc23)cc1. The molecule has 1 heterocycles. The van der Waals surface area contributed by atoms with E-state index in [-0.39, 0.29) is 0 Å². The van der Waals surface area contributed by atoms with Crippen molar-refractivity contribution in [2.24, 2.45) is 0 Å². The molecule has 0 radical (unpaired) electrons. The van der Waals surface area contributed by atoms with Gasteiger partial charge in [-0.1, -0.05) is 127 Å². The zero-order chi connectivity index (χ0) is 26.5. The van der Waals surface area contributed by atoms with Gasteiger partial charge >= 0.3 is 0 Å². The second-order valence-electron chi connectivity index (χ2n) is 10.4. The van der Waals surface area contributed by atoms with E-state index in [0.29, 0.717) is 0 Å². The highest BCUT2D eigenvalue weighted by Gasteiger charge is 2.17. The first-order chi connectivity index (χ1) is 19.8. The molecule has 0 bridgehead atoms. The summed E-state index contributed by atoms with van der Waals surface area (Å²) in [6.07, 6.45) is 1.91. The third-order valence-corrected chi connectivity index (χ3v) is 8.07. The van der Waals surface area contributed by atoms with Gasteiger partial charge in [-0.2, -0.15) is 0 Å². The first kappa shape index (κ1) is 22.7. The molecule has 0 aliphatic rings. The third kappa shape index (κ3) is 3.60. The molecule has 0 unspecified atom stereocenters. The number of benzene rings is 7. The lowest BCUT2D eigenvalue weighted by molar-refractivity contribution is 1.42. The zero-order valence-corrected chi connectivity index (χ0v) is 21.9. The summed E-state index contributed by atoms with van der Waals surface area (Å²) in [6.45, 7) is 0. The summed E-state index contributed by atoms with van der Waals surface area (Å²) in [5, 5.41) is 8.66. The largest absolute Gasteiger partial charge is 0.256 e. The second kappa shape index (κ2) is 9.18. The van der Waals surface area contributed by atoms with Gasteiger partial charge in [0.15, 0.2) is 0 Å². The minimum Gasteiger partial charge on any atom is -0.256 e. The van der Waals surface area contributed by atoms with E-state index < -0.39 is 0 Å². The van der Waals surface area contributed by atoms with Crippen molar-refractivity contribution in [3.05, 3.63) is 152 Å². The Morgan fingerprint density at radius 2 is 0.975 bits per heavy atom. The van der Waals surface area contributed by atoms with Gasteiger partial charge in [0.05, 0.1) is 5.52 Å². The average Bonchev–Trinajstić information content (AvgIpc) is 3.03. The van der Waals surface area contributed by atoms with Crippen molar-refractivity contribution in [2.45, 2.75) is 0 Å². The highest BCUT2D eigenvalue weighted by molar-refractivity contribution is 6.20. The highest BCUT2D eigenvalue weighted by Crippen LogP contribution is 2.43. The molecule has 0 aliphatic carbocycles. The fraction of sp³-hybridized carbons (Fsp3) is 0. The van der Waals surface area contributed by atoms with Crippen LogP contribution in [0.5, 0.6) is 0 Å². The summed E-state index contributed by atoms with van der Waals surface area (Å²) in [6, 6.07) is 52.5. The standard InChI is InChI=1S/C39H25N/c1-2-11-27(12-3-1)38-35-16-7-6-15-34(35)37(36-18-9-23-40-39(36)38)31-22-20-28-24-30(21-19-29(28)25-31)33-17-8-13-26-10-4-5-14-32(26)33/h1-25H. The van der Waals surface area contributed by atoms with E-state index in [9.17, 15) is 0 Å². The normalized spacial score (nSPS) is 11.5. The van der Waals surface area contributed by atoms with Crippen LogP contribution < -0.4 is 0 Å². The molecule has 40 heavy (non-hydrogen) atoms. The Morgan fingerprint density at radius 1 is 0.350 bits per heavy atom. The third-order valence-electron chi connectivity index (χ3n) is 8.07. The van der Waals surface area contributed by atoms with Crippen molar-refractivity contribution in [3.63, 3.8) is 0 Å². The summed E-state index contributed by atoms with van der Waals surface area (Å²) < 4.78 is 0. The molecular weight excluding hydrogens is 482 g/mol. The Hall–Kier alpha value is -5.27. The predicted octanol–water partition coefficient (Wildman–Crippen LogP) is 10.7. The van der Waals surface area contributed by atoms with E-state index >= 15 is 0 Å². The molecule has 1 heteroatoms. The fourth-order valence-electron chi connectivity index (χ4n) is 6.25. The number of nitrogens with zero attached hydrogens (tertiary/aromatic N) is 1. The van der Waals surface area contributed by atoms with E-state index in [1.807, 2.05) is 12.3 Å². The van der Waals surface area contributed by atoms with Gasteiger partial charge in [0, 0.05) is 17.1 Å². The highest BCUT2D eigenvalue weighted by atomic mass is 14.7. The second-order valence-corrected chi connectivity index (χ2v) is 10.4. The summed E-state index contributed by atoms with van der Waals surface area (Å²) in [5.74, 6) is 0. The molecule has 1 aromatic heterocycles. The van der Waals surface area contributed by atoms with Gasteiger partial charge in [0.2, 0.25) is 0 Å². The summed E-state index contributed by atoms with van der Waals surface area (Å²) >= 11 is 0. The van der Waals surface area contributed by atoms with Crippen LogP contribution in [0, 0.1) is 0 Å². The van der Waals surface area contributed by atoms with Crippen molar-refractivity contribution in [3.8, 4) is 33.4 Å². The van der Waals surface area contributed by atoms with E-state index in [1.54, 1.807) is 0 Å². The first-order valence-electron chi connectivity index (χ1n) is 13.7. The van der Waals surface area contributed by atoms with Crippen LogP contribution in [0.25, 0.3) is 76.6 Å². The van der Waals surface area contributed by atoms with Crippen LogP contribution in [0.4, 0.5) is 0 Å². The van der Waals surface area contributed by atoms with Gasteiger partial charge in [0.25, 0.3) is 0 Å². The molecule has 0 saturated heterocycles. The van der Waals surface area contributed by atoms with Crippen LogP contribution >= 0.6 is 0 Å². The molecule has 1 nitrogen and oxygen atoms in total. The lowest BCUT2D eigenvalue weighted by Gasteiger charge is -2.17. The molecular formula is C39H25N. The van der Waals surface area contributed by atoms with Crippen molar-refractivity contribution in [1.29, 1.82) is 0 Å².